The highest BCUT2D eigenvalue weighted by Gasteiger charge is 2.33. The zero-order chi connectivity index (χ0) is 59.7. The molecular weight excluding hydrogens is 1180 g/mol. The van der Waals surface area contributed by atoms with E-state index in [2.05, 4.69) is 123 Å². The van der Waals surface area contributed by atoms with E-state index in [1.165, 1.54) is 47.3 Å². The summed E-state index contributed by atoms with van der Waals surface area (Å²) in [5.41, 5.74) is 7.31. The van der Waals surface area contributed by atoms with Crippen LogP contribution in [0.15, 0.2) is 48.3 Å². The molecule has 9 heterocycles. The number of halogens is 5. The number of nitriles is 2. The zero-order valence-electron chi connectivity index (χ0n) is 45.8. The molecule has 81 heavy (non-hydrogen) atoms. The van der Waals surface area contributed by atoms with Crippen LogP contribution in [0.5, 0.6) is 0 Å². The van der Waals surface area contributed by atoms with Crippen molar-refractivity contribution in [1.82, 2.24) is 89.0 Å². The molecule has 5 N–H and O–H groups in total. The lowest BCUT2D eigenvalue weighted by Crippen LogP contribution is -2.53. The number of nitrogens with one attached hydrogen (secondary N) is 3. The number of nitrogens with zero attached hydrogens (tertiary/aromatic N) is 18. The number of hydrogen-bond donors (Lipinski definition) is 4. The molecule has 0 saturated carbocycles. The van der Waals surface area contributed by atoms with Gasteiger partial charge in [0, 0.05) is 68.5 Å². The average molecular weight is 1250 g/mol. The Balaban J connectivity index is 0.000000342. The number of aromatic nitrogens is 15. The number of aromatic amines is 2. The largest absolute Gasteiger partial charge is 0.466 e. The number of rotatable bonds is 8. The van der Waals surface area contributed by atoms with E-state index in [1.54, 1.807) is 34.2 Å². The van der Waals surface area contributed by atoms with Gasteiger partial charge < -0.3 is 30.5 Å². The van der Waals surface area contributed by atoms with Gasteiger partial charge >= 0.3 is 11.2 Å². The average Bonchev–Trinajstić information content (AvgIpc) is 4.24. The van der Waals surface area contributed by atoms with Gasteiger partial charge in [-0.15, -0.1) is 12.4 Å². The minimum Gasteiger partial charge on any atom is -0.466 e. The van der Waals surface area contributed by atoms with Crippen molar-refractivity contribution < 1.29 is 28.5 Å². The summed E-state index contributed by atoms with van der Waals surface area (Å²) >= 11 is 19.7. The molecule has 0 aromatic carbocycles. The number of hydrogen-bond acceptors (Lipinski definition) is 22. The number of piperidine rings is 2. The van der Waals surface area contributed by atoms with Gasteiger partial charge in [0.05, 0.1) is 24.8 Å². The van der Waals surface area contributed by atoms with Crippen LogP contribution in [0.3, 0.4) is 0 Å². The van der Waals surface area contributed by atoms with Crippen LogP contribution in [0.25, 0.3) is 17.3 Å². The Morgan fingerprint density at radius 2 is 1.37 bits per heavy atom. The molecule has 0 aliphatic carbocycles. The van der Waals surface area contributed by atoms with E-state index in [4.69, 9.17) is 27.9 Å². The van der Waals surface area contributed by atoms with Gasteiger partial charge in [0.2, 0.25) is 17.8 Å². The Kier molecular flexibility index (Phi) is 30.2. The number of carbonyl (C=O) groups excluding carboxylic acids is 4. The monoisotopic (exact) mass is 1240 g/mol. The summed E-state index contributed by atoms with van der Waals surface area (Å²) in [6.45, 7) is 16.2. The highest BCUT2D eigenvalue weighted by Crippen LogP contribution is 2.61. The number of ketones is 1. The molecule has 2 amide bonds. The zero-order valence-corrected chi connectivity index (χ0v) is 50.5. The molecule has 2 aliphatic rings. The molecule has 0 radical (unpaired) electrons. The van der Waals surface area contributed by atoms with Crippen LogP contribution >= 0.6 is 62.9 Å². The lowest BCUT2D eigenvalue weighted by Gasteiger charge is -2.42. The van der Waals surface area contributed by atoms with Crippen LogP contribution in [0, 0.1) is 55.3 Å². The normalized spacial score (nSPS) is 16.1. The second-order valence-corrected chi connectivity index (χ2v) is 24.6. The molecule has 0 bridgehead atoms. The highest BCUT2D eigenvalue weighted by molar-refractivity contribution is 8.24. The van der Waals surface area contributed by atoms with Gasteiger partial charge in [-0.1, -0.05) is 25.4 Å². The number of H-pyrrole nitrogens is 2. The molecule has 9 rings (SSSR count). The van der Waals surface area contributed by atoms with E-state index < -0.39 is 11.2 Å². The third kappa shape index (κ3) is 24.3. The number of ether oxygens (including phenoxy) is 1. The van der Waals surface area contributed by atoms with Gasteiger partial charge in [0.1, 0.15) is 61.3 Å². The van der Waals surface area contributed by atoms with Crippen LogP contribution < -0.4 is 21.5 Å². The fourth-order valence-electron chi connectivity index (χ4n) is 7.59. The number of likely N-dealkylation sites (tertiary alicyclic amines) is 2. The summed E-state index contributed by atoms with van der Waals surface area (Å²) in [4.78, 5) is 88.9. The van der Waals surface area contributed by atoms with Crippen LogP contribution in [0.2, 0.25) is 5.15 Å². The number of nitrogens with two attached hydrogens (primary N) is 1. The number of aryl methyl sites for hydroxylation is 3. The summed E-state index contributed by atoms with van der Waals surface area (Å²) in [7, 11) is 3.93. The first kappa shape index (κ1) is 70.0. The van der Waals surface area contributed by atoms with E-state index in [0.717, 1.165) is 43.1 Å². The van der Waals surface area contributed by atoms with Gasteiger partial charge in [-0.2, -0.15) is 49.3 Å². The number of anilines is 2. The second kappa shape index (κ2) is 34.9. The Morgan fingerprint density at radius 3 is 1.89 bits per heavy atom. The predicted molar refractivity (Wildman–Crippen MR) is 306 cm³/mol. The van der Waals surface area contributed by atoms with Crippen molar-refractivity contribution in [2.75, 3.05) is 57.5 Å². The molecule has 0 unspecified atom stereocenters. The van der Waals surface area contributed by atoms with Gasteiger partial charge in [-0.05, 0) is 106 Å². The third-order valence-electron chi connectivity index (χ3n) is 11.5. The molecule has 29 nitrogen and oxygen atoms in total. The Bertz CT molecular complexity index is 3300. The van der Waals surface area contributed by atoms with Crippen molar-refractivity contribution in [1.29, 1.82) is 10.5 Å². The van der Waals surface area contributed by atoms with Crippen LogP contribution in [0.1, 0.15) is 76.9 Å². The summed E-state index contributed by atoms with van der Waals surface area (Å²) in [6, 6.07) is 9.52. The number of amides is 2. The maximum absolute atomic E-state index is 12.1. The molecule has 2 fully saturated rings. The smallest absolute Gasteiger partial charge is 0.339 e. The first-order valence-electron chi connectivity index (χ1n) is 24.3. The van der Waals surface area contributed by atoms with Crippen molar-refractivity contribution in [2.45, 2.75) is 92.7 Å². The van der Waals surface area contributed by atoms with E-state index in [0.29, 0.717) is 71.7 Å². The second-order valence-electron chi connectivity index (χ2n) is 17.6. The molecule has 4 atom stereocenters. The Labute approximate surface area is 491 Å². The topological polar surface area (TPSA) is 381 Å². The lowest BCUT2D eigenvalue weighted by molar-refractivity contribution is -0.145. The summed E-state index contributed by atoms with van der Waals surface area (Å²) in [5, 5.41) is 34.4. The van der Waals surface area contributed by atoms with Crippen molar-refractivity contribution in [3.05, 3.63) is 76.1 Å². The van der Waals surface area contributed by atoms with Crippen LogP contribution in [-0.2, 0) is 28.5 Å². The van der Waals surface area contributed by atoms with E-state index >= 15 is 0 Å². The van der Waals surface area contributed by atoms with E-state index in [-0.39, 0.29) is 60.9 Å². The number of nitrogen functional groups attached to an aromatic ring is 1. The fourth-order valence-corrected chi connectivity index (χ4v) is 7.87. The first-order chi connectivity index (χ1) is 37.8. The van der Waals surface area contributed by atoms with Gasteiger partial charge in [-0.25, -0.2) is 30.0 Å². The number of likely N-dealkylation sites (N-methyl/N-ethyl adjacent to an activating group) is 2. The maximum atomic E-state index is 12.1. The number of carbonyl (C=O) groups is 4. The van der Waals surface area contributed by atoms with Crippen LogP contribution in [0.4, 0.5) is 11.8 Å². The molecule has 440 valence electrons. The molecule has 2 saturated heterocycles. The fraction of sp³-hybridized carbons (Fsp3) is 0.500. The lowest BCUT2D eigenvalue weighted by atomic mass is 9.92. The van der Waals surface area contributed by atoms with Gasteiger partial charge in [0.15, 0.2) is 0 Å². The Hall–Kier alpha value is -7.11. The molecule has 35 heteroatoms. The molecule has 2 aliphatic heterocycles. The minimum absolute atomic E-state index is 0. The minimum atomic E-state index is -3.22. The molecule has 7 aromatic rings. The Morgan fingerprint density at radius 1 is 0.840 bits per heavy atom. The maximum Gasteiger partial charge on any atom is 0.339 e. The number of fused-ring (bicyclic) bond motifs is 3. The van der Waals surface area contributed by atoms with E-state index in [9.17, 15) is 28.5 Å². The van der Waals surface area contributed by atoms with E-state index in [1.807, 2.05) is 46.1 Å². The predicted octanol–water partition coefficient (Wildman–Crippen LogP) is 5.34. The SMILES string of the molecule is CCOC(=O)CC(C)=O.CN[C@H]1CN(C(=O)CC#N)CC[C@H]1C.Cc1cc(=O)n2[nH]cnc2n1.Cc1cc(Cl)n2ncnc2n1.Cc1cc(N(C)[C@H]2CN(C(=O)CC#N)CC[C@H]2C)n2ncnc2n1.Cl.Nc1ncn[nH]1.O=P(Cl)(Cl)Cl. The standard InChI is InChI=1S/C16H21N7O.C10H17N3O.C6H5ClN4.C6H6N4O.C6H10O3.C2H4N4.Cl3OP.ClH/c1-11-5-7-22(15(24)4-6-17)9-13(11)21(3)14-8-12(2)20-16-18-10-19-23(14)16;1-8-4-6-13(7-9(8)12-2)10(14)3-5-11;1-4-2-5(7)11-6(10-4)8-3-9-11;1-4-2-5(11)10-6(9-4)7-3-8-10;1-3-9-6(8)4-5(2)7;3-2-4-1-5-6-2;1-5(2,3)4;/h8,10-11,13H,4-5,7,9H2,1-3H3;8-9,12H,3-4,6-7H2,1-2H3;2-3H,1H3;2-3H,1H3,(H,7,8,9);3-4H2,1-2H3;1H,(H3,3,4,5,6);;1H/t11-,13+;8-,9+;;;;;;/m11....../s1. The summed E-state index contributed by atoms with van der Waals surface area (Å²) in [5.74, 6) is 3.07. The molecule has 0 spiro atoms. The highest BCUT2D eigenvalue weighted by atomic mass is 36.0. The molecular formula is C46H64Cl5N22O7P. The summed E-state index contributed by atoms with van der Waals surface area (Å²) in [6.07, 6.45) is 7.48. The van der Waals surface area contributed by atoms with Crippen molar-refractivity contribution in [3.8, 4) is 12.1 Å². The third-order valence-corrected chi connectivity index (χ3v) is 11.8. The van der Waals surface area contributed by atoms with Crippen LogP contribution in [-0.4, -0.2) is 166 Å². The van der Waals surface area contributed by atoms with Gasteiger partial charge in [-0.3, -0.25) is 33.6 Å². The van der Waals surface area contributed by atoms with Crippen molar-refractivity contribution in [2.24, 2.45) is 11.8 Å². The van der Waals surface area contributed by atoms with Crippen molar-refractivity contribution >= 4 is 116 Å². The molecule has 7 aromatic heterocycles. The van der Waals surface area contributed by atoms with Crippen molar-refractivity contribution in [3.63, 3.8) is 0 Å². The van der Waals surface area contributed by atoms with Gasteiger partial charge in [0.25, 0.3) is 22.9 Å². The summed E-state index contributed by atoms with van der Waals surface area (Å²) < 4.78 is 18.5. The first-order valence-corrected chi connectivity index (χ1v) is 29.1. The quantitative estimate of drug-likeness (QED) is 0.0645. The number of esters is 1. The number of Topliss-reactive ketones (excluding diaryl/α,β-unsaturated/α-hetero) is 1.